The van der Waals surface area contributed by atoms with E-state index in [-0.39, 0.29) is 16.6 Å². The highest BCUT2D eigenvalue weighted by Crippen LogP contribution is 2.33. The van der Waals surface area contributed by atoms with Crippen molar-refractivity contribution in [2.24, 2.45) is 0 Å². The molecule has 2 aromatic rings. The van der Waals surface area contributed by atoms with E-state index >= 15 is 0 Å². The number of aromatic hydroxyl groups is 1. The third-order valence-corrected chi connectivity index (χ3v) is 3.28. The molecule has 3 nitrogen and oxygen atoms in total. The van der Waals surface area contributed by atoms with Crippen molar-refractivity contribution in [1.29, 1.82) is 0 Å². The van der Waals surface area contributed by atoms with Crippen molar-refractivity contribution in [2.75, 3.05) is 0 Å². The number of hydrogen-bond donors (Lipinski definition) is 3. The van der Waals surface area contributed by atoms with Crippen LogP contribution in [0, 0.1) is 0 Å². The first-order chi connectivity index (χ1) is 8.59. The van der Waals surface area contributed by atoms with Crippen LogP contribution >= 0.6 is 12.6 Å². The molecule has 0 saturated carbocycles. The lowest BCUT2D eigenvalue weighted by atomic mass is 10.0. The first kappa shape index (κ1) is 12.5. The molecule has 0 bridgehead atoms. The Morgan fingerprint density at radius 1 is 1.06 bits per heavy atom. The molecule has 0 radical (unpaired) electrons. The number of rotatable bonds is 3. The van der Waals surface area contributed by atoms with E-state index in [9.17, 15) is 9.90 Å². The number of carbonyl (C=O) groups is 1. The Labute approximate surface area is 110 Å². The SMILES string of the molecule is O=C(O)c1ccc(C(S)c2ccccc2O)cc1. The van der Waals surface area contributed by atoms with Crippen LogP contribution in [0.15, 0.2) is 48.5 Å². The zero-order chi connectivity index (χ0) is 13.1. The number of para-hydroxylation sites is 1. The first-order valence-corrected chi connectivity index (χ1v) is 5.90. The van der Waals surface area contributed by atoms with Crippen molar-refractivity contribution in [2.45, 2.75) is 5.25 Å². The van der Waals surface area contributed by atoms with Crippen LogP contribution in [0.1, 0.15) is 26.7 Å². The van der Waals surface area contributed by atoms with E-state index < -0.39 is 5.97 Å². The lowest BCUT2D eigenvalue weighted by Gasteiger charge is -2.13. The van der Waals surface area contributed by atoms with Gasteiger partial charge in [0.2, 0.25) is 0 Å². The van der Waals surface area contributed by atoms with Crippen molar-refractivity contribution < 1.29 is 15.0 Å². The van der Waals surface area contributed by atoms with Crippen LogP contribution < -0.4 is 0 Å². The largest absolute Gasteiger partial charge is 0.508 e. The molecule has 0 spiro atoms. The molecule has 0 saturated heterocycles. The Bertz CT molecular complexity index is 564. The molecule has 0 aliphatic rings. The van der Waals surface area contributed by atoms with E-state index in [1.165, 1.54) is 12.1 Å². The summed E-state index contributed by atoms with van der Waals surface area (Å²) in [5.41, 5.74) is 1.77. The Kier molecular flexibility index (Phi) is 3.58. The molecule has 0 aromatic heterocycles. The van der Waals surface area contributed by atoms with Gasteiger partial charge in [0.1, 0.15) is 5.75 Å². The molecular weight excluding hydrogens is 248 g/mol. The Morgan fingerprint density at radius 2 is 1.67 bits per heavy atom. The van der Waals surface area contributed by atoms with E-state index in [0.717, 1.165) is 5.56 Å². The predicted octanol–water partition coefficient (Wildman–Crippen LogP) is 3.11. The van der Waals surface area contributed by atoms with E-state index in [1.54, 1.807) is 30.3 Å². The average Bonchev–Trinajstić information content (AvgIpc) is 2.38. The highest BCUT2D eigenvalue weighted by atomic mass is 32.1. The zero-order valence-corrected chi connectivity index (χ0v) is 10.3. The van der Waals surface area contributed by atoms with Gasteiger partial charge < -0.3 is 10.2 Å². The molecule has 0 aliphatic carbocycles. The Morgan fingerprint density at radius 3 is 2.22 bits per heavy atom. The molecule has 4 heteroatoms. The number of thiol groups is 1. The van der Waals surface area contributed by atoms with Gasteiger partial charge in [-0.1, -0.05) is 30.3 Å². The maximum Gasteiger partial charge on any atom is 0.335 e. The number of phenolic OH excluding ortho intramolecular Hbond substituents is 1. The third-order valence-electron chi connectivity index (χ3n) is 2.70. The van der Waals surface area contributed by atoms with Crippen LogP contribution in [0.25, 0.3) is 0 Å². The van der Waals surface area contributed by atoms with E-state index in [4.69, 9.17) is 5.11 Å². The van der Waals surface area contributed by atoms with Crippen molar-refractivity contribution >= 4 is 18.6 Å². The molecule has 1 atom stereocenters. The summed E-state index contributed by atoms with van der Waals surface area (Å²) in [7, 11) is 0. The van der Waals surface area contributed by atoms with Gasteiger partial charge in [-0.25, -0.2) is 4.79 Å². The summed E-state index contributed by atoms with van der Waals surface area (Å²) < 4.78 is 0. The second-order valence-corrected chi connectivity index (χ2v) is 4.40. The number of carboxylic acid groups (broad SMARTS) is 1. The molecule has 0 amide bonds. The summed E-state index contributed by atoms with van der Waals surface area (Å²) in [6.07, 6.45) is 0. The van der Waals surface area contributed by atoms with Gasteiger partial charge >= 0.3 is 5.97 Å². The molecule has 0 fully saturated rings. The summed E-state index contributed by atoms with van der Waals surface area (Å²) in [6, 6.07) is 13.4. The van der Waals surface area contributed by atoms with Crippen molar-refractivity contribution in [3.63, 3.8) is 0 Å². The van der Waals surface area contributed by atoms with Crippen LogP contribution in [-0.4, -0.2) is 16.2 Å². The first-order valence-electron chi connectivity index (χ1n) is 5.39. The van der Waals surface area contributed by atoms with Crippen LogP contribution in [0.3, 0.4) is 0 Å². The van der Waals surface area contributed by atoms with Gasteiger partial charge in [-0.05, 0) is 23.8 Å². The van der Waals surface area contributed by atoms with Gasteiger partial charge in [0, 0.05) is 5.56 Å². The fourth-order valence-corrected chi connectivity index (χ4v) is 2.10. The monoisotopic (exact) mass is 260 g/mol. The summed E-state index contributed by atoms with van der Waals surface area (Å²) in [5, 5.41) is 18.3. The zero-order valence-electron chi connectivity index (χ0n) is 9.45. The van der Waals surface area contributed by atoms with Crippen LogP contribution in [0.5, 0.6) is 5.75 Å². The lowest BCUT2D eigenvalue weighted by Crippen LogP contribution is -1.98. The lowest BCUT2D eigenvalue weighted by molar-refractivity contribution is 0.0697. The fourth-order valence-electron chi connectivity index (χ4n) is 1.71. The number of hydrogen-bond acceptors (Lipinski definition) is 3. The molecule has 92 valence electrons. The highest BCUT2D eigenvalue weighted by Gasteiger charge is 2.13. The standard InChI is InChI=1S/C14H12O3S/c15-12-4-2-1-3-11(12)13(18)9-5-7-10(8-6-9)14(16)17/h1-8,13,15,18H,(H,16,17). The van der Waals surface area contributed by atoms with E-state index in [2.05, 4.69) is 12.6 Å². The number of carboxylic acids is 1. The summed E-state index contributed by atoms with van der Waals surface area (Å²) in [5.74, 6) is -0.778. The van der Waals surface area contributed by atoms with Crippen molar-refractivity contribution in [3.8, 4) is 5.75 Å². The molecule has 2 rings (SSSR count). The van der Waals surface area contributed by atoms with Gasteiger partial charge in [0.25, 0.3) is 0 Å². The maximum atomic E-state index is 10.7. The fraction of sp³-hybridized carbons (Fsp3) is 0.0714. The average molecular weight is 260 g/mol. The maximum absolute atomic E-state index is 10.7. The topological polar surface area (TPSA) is 57.5 Å². The smallest absolute Gasteiger partial charge is 0.335 e. The van der Waals surface area contributed by atoms with Gasteiger partial charge in [-0.2, -0.15) is 12.6 Å². The summed E-state index contributed by atoms with van der Waals surface area (Å²) in [4.78, 5) is 10.7. The minimum Gasteiger partial charge on any atom is -0.508 e. The number of phenols is 1. The van der Waals surface area contributed by atoms with Crippen LogP contribution in [0.4, 0.5) is 0 Å². The Hall–Kier alpha value is -1.94. The number of benzene rings is 2. The van der Waals surface area contributed by atoms with Gasteiger partial charge in [0.05, 0.1) is 10.8 Å². The third kappa shape index (κ3) is 2.49. The van der Waals surface area contributed by atoms with Gasteiger partial charge in [0.15, 0.2) is 0 Å². The molecule has 2 aromatic carbocycles. The normalized spacial score (nSPS) is 12.1. The second-order valence-electron chi connectivity index (χ2n) is 3.89. The quantitative estimate of drug-likeness (QED) is 0.743. The summed E-state index contributed by atoms with van der Waals surface area (Å²) in [6.45, 7) is 0. The number of aromatic carboxylic acids is 1. The van der Waals surface area contributed by atoms with Gasteiger partial charge in [-0.3, -0.25) is 0 Å². The molecule has 0 aliphatic heterocycles. The second kappa shape index (κ2) is 5.14. The van der Waals surface area contributed by atoms with Gasteiger partial charge in [-0.15, -0.1) is 0 Å². The molecule has 0 heterocycles. The van der Waals surface area contributed by atoms with E-state index in [1.807, 2.05) is 6.07 Å². The highest BCUT2D eigenvalue weighted by molar-refractivity contribution is 7.80. The molecule has 2 N–H and O–H groups in total. The van der Waals surface area contributed by atoms with Crippen molar-refractivity contribution in [3.05, 3.63) is 65.2 Å². The minimum absolute atomic E-state index is 0.180. The van der Waals surface area contributed by atoms with Crippen LogP contribution in [0.2, 0.25) is 0 Å². The minimum atomic E-state index is -0.958. The van der Waals surface area contributed by atoms with E-state index in [0.29, 0.717) is 5.56 Å². The Balaban J connectivity index is 2.32. The molecule has 1 unspecified atom stereocenters. The molecular formula is C14H12O3S. The summed E-state index contributed by atoms with van der Waals surface area (Å²) >= 11 is 4.46. The predicted molar refractivity (Wildman–Crippen MR) is 72.3 cm³/mol. The van der Waals surface area contributed by atoms with Crippen molar-refractivity contribution in [1.82, 2.24) is 0 Å². The molecule has 18 heavy (non-hydrogen) atoms. The van der Waals surface area contributed by atoms with Crippen LogP contribution in [-0.2, 0) is 0 Å².